The second-order valence-electron chi connectivity index (χ2n) is 5.80. The third kappa shape index (κ3) is 3.44. The molecule has 1 heterocycles. The van der Waals surface area contributed by atoms with Gasteiger partial charge in [-0.15, -0.1) is 0 Å². The predicted molar refractivity (Wildman–Crippen MR) is 77.5 cm³/mol. The van der Waals surface area contributed by atoms with Gasteiger partial charge in [0.1, 0.15) is 11.9 Å². The molecule has 2 rings (SSSR count). The van der Waals surface area contributed by atoms with Crippen LogP contribution in [0.5, 0.6) is 0 Å². The van der Waals surface area contributed by atoms with E-state index in [0.717, 1.165) is 5.56 Å². The number of rotatable bonds is 2. The van der Waals surface area contributed by atoms with Gasteiger partial charge in [0, 0.05) is 0 Å². The van der Waals surface area contributed by atoms with Crippen molar-refractivity contribution in [3.8, 4) is 0 Å². The molecule has 1 aromatic rings. The molecule has 1 atom stereocenters. The number of carbonyl (C=O) groups excluding carboxylic acids is 2. The molecule has 0 N–H and O–H groups in total. The van der Waals surface area contributed by atoms with Crippen LogP contribution in [0.3, 0.4) is 0 Å². The molecule has 1 amide bonds. The summed E-state index contributed by atoms with van der Waals surface area (Å²) in [6.07, 6.45) is -0.396. The number of hydrogen-bond acceptors (Lipinski definition) is 4. The average Bonchev–Trinajstić information content (AvgIpc) is 2.47. The first-order valence-electron chi connectivity index (χ1n) is 7.21. The second kappa shape index (κ2) is 6.44. The molecule has 1 unspecified atom stereocenters. The van der Waals surface area contributed by atoms with Crippen molar-refractivity contribution in [1.29, 1.82) is 0 Å². The quantitative estimate of drug-likeness (QED) is 0.620. The van der Waals surface area contributed by atoms with Gasteiger partial charge in [0.25, 0.3) is 0 Å². The van der Waals surface area contributed by atoms with Crippen LogP contribution >= 0.6 is 0 Å². The van der Waals surface area contributed by atoms with Gasteiger partial charge in [0.05, 0.1) is 25.3 Å². The lowest BCUT2D eigenvalue weighted by Crippen LogP contribution is -2.58. The van der Waals surface area contributed by atoms with E-state index in [0.29, 0.717) is 0 Å². The minimum Gasteiger partial charge on any atom is -0.459 e. The van der Waals surface area contributed by atoms with Gasteiger partial charge in [-0.25, -0.2) is 9.18 Å². The topological polar surface area (TPSA) is 55.8 Å². The van der Waals surface area contributed by atoms with Crippen LogP contribution < -0.4 is 0 Å². The van der Waals surface area contributed by atoms with Crippen molar-refractivity contribution in [3.05, 3.63) is 35.6 Å². The van der Waals surface area contributed by atoms with Crippen LogP contribution in [0.1, 0.15) is 32.4 Å². The molecular formula is C16H20FNO4. The molecule has 22 heavy (non-hydrogen) atoms. The molecular weight excluding hydrogens is 289 g/mol. The number of nitrogens with zero attached hydrogens (tertiary/aromatic N) is 1. The van der Waals surface area contributed by atoms with Gasteiger partial charge in [-0.3, -0.25) is 4.79 Å². The molecule has 1 fully saturated rings. The molecule has 0 spiro atoms. The predicted octanol–water partition coefficient (Wildman–Crippen LogP) is 2.07. The lowest BCUT2D eigenvalue weighted by molar-refractivity contribution is -0.172. The summed E-state index contributed by atoms with van der Waals surface area (Å²) in [5, 5.41) is 0. The van der Waals surface area contributed by atoms with Crippen molar-refractivity contribution < 1.29 is 23.5 Å². The van der Waals surface area contributed by atoms with Gasteiger partial charge < -0.3 is 14.4 Å². The zero-order chi connectivity index (χ0) is 16.3. The van der Waals surface area contributed by atoms with Crippen molar-refractivity contribution >= 4 is 11.9 Å². The highest BCUT2D eigenvalue weighted by Crippen LogP contribution is 2.30. The number of amides is 1. The van der Waals surface area contributed by atoms with Gasteiger partial charge in [-0.05, 0) is 38.5 Å². The molecule has 5 nitrogen and oxygen atoms in total. The normalized spacial score (nSPS) is 20.5. The highest BCUT2D eigenvalue weighted by molar-refractivity contribution is 6.32. The Bertz CT molecular complexity index is 556. The minimum atomic E-state index is -0.865. The number of halogens is 1. The number of esters is 1. The Morgan fingerprint density at radius 2 is 2.00 bits per heavy atom. The molecule has 1 aliphatic rings. The molecule has 6 heteroatoms. The molecule has 0 radical (unpaired) electrons. The molecule has 1 aromatic carbocycles. The Hall–Kier alpha value is -1.95. The van der Waals surface area contributed by atoms with Crippen molar-refractivity contribution in [2.45, 2.75) is 32.4 Å². The summed E-state index contributed by atoms with van der Waals surface area (Å²) < 4.78 is 23.6. The maximum Gasteiger partial charge on any atom is 0.397 e. The molecule has 0 saturated carbocycles. The maximum atomic E-state index is 13.0. The summed E-state index contributed by atoms with van der Waals surface area (Å²) in [4.78, 5) is 25.4. The summed E-state index contributed by atoms with van der Waals surface area (Å²) in [7, 11) is 0. The van der Waals surface area contributed by atoms with Crippen LogP contribution in [0.2, 0.25) is 0 Å². The Labute approximate surface area is 129 Å². The van der Waals surface area contributed by atoms with E-state index in [2.05, 4.69) is 0 Å². The van der Waals surface area contributed by atoms with E-state index in [1.165, 1.54) is 17.0 Å². The third-order valence-corrected chi connectivity index (χ3v) is 3.65. The zero-order valence-corrected chi connectivity index (χ0v) is 13.0. The van der Waals surface area contributed by atoms with E-state index in [1.807, 2.05) is 13.8 Å². The smallest absolute Gasteiger partial charge is 0.397 e. The van der Waals surface area contributed by atoms with E-state index in [9.17, 15) is 14.0 Å². The van der Waals surface area contributed by atoms with Crippen LogP contribution in [0, 0.1) is 5.82 Å². The van der Waals surface area contributed by atoms with Crippen molar-refractivity contribution in [2.75, 3.05) is 19.8 Å². The molecule has 1 saturated heterocycles. The Morgan fingerprint density at radius 1 is 1.36 bits per heavy atom. The second-order valence-corrected chi connectivity index (χ2v) is 5.80. The number of morpholine rings is 1. The van der Waals surface area contributed by atoms with E-state index in [1.54, 1.807) is 19.1 Å². The van der Waals surface area contributed by atoms with Crippen molar-refractivity contribution in [1.82, 2.24) is 4.90 Å². The monoisotopic (exact) mass is 309 g/mol. The van der Waals surface area contributed by atoms with E-state index >= 15 is 0 Å². The van der Waals surface area contributed by atoms with E-state index in [-0.39, 0.29) is 25.6 Å². The summed E-state index contributed by atoms with van der Waals surface area (Å²) in [6, 6.07) is 5.92. The molecule has 0 bridgehead atoms. The lowest BCUT2D eigenvalue weighted by atomic mass is 9.98. The fourth-order valence-corrected chi connectivity index (χ4v) is 2.39. The van der Waals surface area contributed by atoms with Crippen LogP contribution in [0.4, 0.5) is 4.39 Å². The summed E-state index contributed by atoms with van der Waals surface area (Å²) >= 11 is 0. The number of benzene rings is 1. The highest BCUT2D eigenvalue weighted by atomic mass is 19.1. The summed E-state index contributed by atoms with van der Waals surface area (Å²) in [6.45, 7) is 5.94. The van der Waals surface area contributed by atoms with Crippen molar-refractivity contribution in [3.63, 3.8) is 0 Å². The Morgan fingerprint density at radius 3 is 2.59 bits per heavy atom. The van der Waals surface area contributed by atoms with Crippen LogP contribution in [-0.4, -0.2) is 42.1 Å². The highest BCUT2D eigenvalue weighted by Gasteiger charge is 2.41. The molecule has 120 valence electrons. The zero-order valence-electron chi connectivity index (χ0n) is 13.0. The number of ether oxygens (including phenoxy) is 2. The van der Waals surface area contributed by atoms with Gasteiger partial charge in [0.2, 0.25) is 0 Å². The molecule has 0 aromatic heterocycles. The van der Waals surface area contributed by atoms with Gasteiger partial charge in [-0.2, -0.15) is 0 Å². The van der Waals surface area contributed by atoms with Crippen LogP contribution in [0.15, 0.2) is 24.3 Å². The summed E-state index contributed by atoms with van der Waals surface area (Å²) in [5.74, 6) is -1.88. The Kier molecular flexibility index (Phi) is 4.81. The van der Waals surface area contributed by atoms with Crippen molar-refractivity contribution in [2.24, 2.45) is 0 Å². The molecule has 1 aliphatic heterocycles. The average molecular weight is 309 g/mol. The first kappa shape index (κ1) is 16.4. The molecule has 0 aliphatic carbocycles. The van der Waals surface area contributed by atoms with E-state index in [4.69, 9.17) is 9.47 Å². The lowest BCUT2D eigenvalue weighted by Gasteiger charge is -2.44. The van der Waals surface area contributed by atoms with Gasteiger partial charge >= 0.3 is 11.9 Å². The standard InChI is InChI=1S/C16H20FNO4/c1-4-21-15(20)14(19)18-9-13(22-10-16(18,2)3)11-5-7-12(17)8-6-11/h5-8,13H,4,9-10H2,1-3H3. The largest absolute Gasteiger partial charge is 0.459 e. The Balaban J connectivity index is 2.18. The van der Waals surface area contributed by atoms with Gasteiger partial charge in [0.15, 0.2) is 0 Å². The number of hydrogen-bond donors (Lipinski definition) is 0. The number of carbonyl (C=O) groups is 2. The SMILES string of the molecule is CCOC(=O)C(=O)N1CC(c2ccc(F)cc2)OCC1(C)C. The fourth-order valence-electron chi connectivity index (χ4n) is 2.39. The fraction of sp³-hybridized carbons (Fsp3) is 0.500. The van der Waals surface area contributed by atoms with Crippen LogP contribution in [0.25, 0.3) is 0 Å². The summed E-state index contributed by atoms with van der Waals surface area (Å²) in [5.41, 5.74) is 0.152. The first-order valence-corrected chi connectivity index (χ1v) is 7.21. The third-order valence-electron chi connectivity index (χ3n) is 3.65. The van der Waals surface area contributed by atoms with Crippen LogP contribution in [-0.2, 0) is 19.1 Å². The van der Waals surface area contributed by atoms with E-state index < -0.39 is 23.5 Å². The minimum absolute atomic E-state index is 0.150. The first-order chi connectivity index (χ1) is 10.3. The van der Waals surface area contributed by atoms with Gasteiger partial charge in [-0.1, -0.05) is 12.1 Å². The maximum absolute atomic E-state index is 13.0.